The van der Waals surface area contributed by atoms with E-state index in [0.717, 1.165) is 19.3 Å². The van der Waals surface area contributed by atoms with Crippen molar-refractivity contribution in [3.8, 4) is 0 Å². The standard InChI is InChI=1S/C28H59NO5Si/c1-5-9-10-11-12-13-14-15-16-17-18-19-20-21-22-23-26-31-28(30)29-25-24-27-35(32-6-2,33-7-3)34-8-4/h5-27H2,1-4H3,(H,29,30). The molecule has 0 rings (SSSR count). The lowest BCUT2D eigenvalue weighted by Gasteiger charge is -2.28. The minimum absolute atomic E-state index is 0.331. The van der Waals surface area contributed by atoms with Crippen LogP contribution in [0.4, 0.5) is 4.79 Å². The van der Waals surface area contributed by atoms with Crippen molar-refractivity contribution < 1.29 is 22.8 Å². The normalized spacial score (nSPS) is 11.7. The van der Waals surface area contributed by atoms with E-state index in [0.29, 0.717) is 39.0 Å². The van der Waals surface area contributed by atoms with Gasteiger partial charge >= 0.3 is 14.9 Å². The van der Waals surface area contributed by atoms with Crippen molar-refractivity contribution in [1.82, 2.24) is 5.32 Å². The van der Waals surface area contributed by atoms with Gasteiger partial charge < -0.3 is 23.3 Å². The van der Waals surface area contributed by atoms with Crippen LogP contribution in [0.15, 0.2) is 0 Å². The molecule has 0 unspecified atom stereocenters. The summed E-state index contributed by atoms with van der Waals surface area (Å²) < 4.78 is 22.8. The highest BCUT2D eigenvalue weighted by molar-refractivity contribution is 6.60. The Morgan fingerprint density at radius 1 is 0.571 bits per heavy atom. The summed E-state index contributed by atoms with van der Waals surface area (Å²) in [6.07, 6.45) is 21.9. The molecule has 0 aliphatic carbocycles. The van der Waals surface area contributed by atoms with E-state index in [-0.39, 0.29) is 6.09 Å². The van der Waals surface area contributed by atoms with E-state index in [1.54, 1.807) is 0 Å². The highest BCUT2D eigenvalue weighted by atomic mass is 28.4. The second-order valence-corrected chi connectivity index (χ2v) is 12.2. The molecule has 0 heterocycles. The summed E-state index contributed by atoms with van der Waals surface area (Å²) in [5.74, 6) is 0. The molecule has 0 aromatic heterocycles. The SMILES string of the molecule is CCCCCCCCCCCCCCCCCCOC(=O)NCCC[Si](OCC)(OCC)OCC. The van der Waals surface area contributed by atoms with Gasteiger partial charge in [-0.25, -0.2) is 4.79 Å². The molecule has 0 radical (unpaired) electrons. The number of hydrogen-bond donors (Lipinski definition) is 1. The number of ether oxygens (including phenoxy) is 1. The second kappa shape index (κ2) is 26.4. The van der Waals surface area contributed by atoms with E-state index in [1.807, 2.05) is 20.8 Å². The van der Waals surface area contributed by atoms with Gasteiger partial charge in [0.05, 0.1) is 6.61 Å². The molecule has 0 aliphatic heterocycles. The fourth-order valence-electron chi connectivity index (χ4n) is 4.36. The minimum Gasteiger partial charge on any atom is -0.450 e. The van der Waals surface area contributed by atoms with Crippen molar-refractivity contribution in [3.63, 3.8) is 0 Å². The van der Waals surface area contributed by atoms with Gasteiger partial charge in [-0.2, -0.15) is 0 Å². The Bertz CT molecular complexity index is 436. The van der Waals surface area contributed by atoms with Crippen LogP contribution in [0.3, 0.4) is 0 Å². The first kappa shape index (κ1) is 34.4. The average molecular weight is 518 g/mol. The van der Waals surface area contributed by atoms with E-state index in [1.165, 1.54) is 89.9 Å². The van der Waals surface area contributed by atoms with Crippen molar-refractivity contribution in [1.29, 1.82) is 0 Å². The minimum atomic E-state index is -2.63. The largest absolute Gasteiger partial charge is 0.500 e. The first-order valence-corrected chi connectivity index (χ1v) is 16.9. The molecule has 0 saturated carbocycles. The molecule has 0 fully saturated rings. The summed E-state index contributed by atoms with van der Waals surface area (Å²) in [5.41, 5.74) is 0. The number of alkyl carbamates (subject to hydrolysis) is 1. The van der Waals surface area contributed by atoms with Crippen LogP contribution in [-0.2, 0) is 18.0 Å². The van der Waals surface area contributed by atoms with Crippen molar-refractivity contribution in [2.24, 2.45) is 0 Å². The summed E-state index contributed by atoms with van der Waals surface area (Å²) in [5, 5.41) is 2.83. The quantitative estimate of drug-likeness (QED) is 0.0875. The first-order chi connectivity index (χ1) is 17.1. The molecule has 35 heavy (non-hydrogen) atoms. The van der Waals surface area contributed by atoms with Crippen LogP contribution in [-0.4, -0.2) is 47.9 Å². The van der Waals surface area contributed by atoms with E-state index in [4.69, 9.17) is 18.0 Å². The Morgan fingerprint density at radius 3 is 1.37 bits per heavy atom. The van der Waals surface area contributed by atoms with Crippen LogP contribution >= 0.6 is 0 Å². The lowest BCUT2D eigenvalue weighted by Crippen LogP contribution is -2.46. The van der Waals surface area contributed by atoms with Crippen LogP contribution < -0.4 is 5.32 Å². The Labute approximate surface area is 219 Å². The highest BCUT2D eigenvalue weighted by Gasteiger charge is 2.39. The molecule has 0 saturated heterocycles. The molecule has 6 nitrogen and oxygen atoms in total. The van der Waals surface area contributed by atoms with Gasteiger partial charge in [-0.1, -0.05) is 103 Å². The molecular weight excluding hydrogens is 458 g/mol. The molecule has 0 aromatic rings. The number of amides is 1. The smallest absolute Gasteiger partial charge is 0.450 e. The summed E-state index contributed by atoms with van der Waals surface area (Å²) in [7, 11) is -2.63. The summed E-state index contributed by atoms with van der Waals surface area (Å²) >= 11 is 0. The van der Waals surface area contributed by atoms with E-state index in [2.05, 4.69) is 12.2 Å². The zero-order valence-corrected chi connectivity index (χ0v) is 24.8. The molecule has 1 N–H and O–H groups in total. The summed E-state index contributed by atoms with van der Waals surface area (Å²) in [6, 6.07) is 0.696. The third-order valence-electron chi connectivity index (χ3n) is 6.25. The highest BCUT2D eigenvalue weighted by Crippen LogP contribution is 2.18. The van der Waals surface area contributed by atoms with Gasteiger partial charge in [0.25, 0.3) is 0 Å². The Kier molecular flexibility index (Phi) is 26.0. The monoisotopic (exact) mass is 517 g/mol. The van der Waals surface area contributed by atoms with E-state index < -0.39 is 8.80 Å². The third kappa shape index (κ3) is 22.3. The number of nitrogens with one attached hydrogen (secondary N) is 1. The molecular formula is C28H59NO5Si. The van der Waals surface area contributed by atoms with Gasteiger partial charge in [-0.05, 0) is 33.6 Å². The van der Waals surface area contributed by atoms with Gasteiger partial charge in [-0.15, -0.1) is 0 Å². The van der Waals surface area contributed by atoms with Gasteiger partial charge in [-0.3, -0.25) is 0 Å². The molecule has 0 atom stereocenters. The summed E-state index contributed by atoms with van der Waals surface area (Å²) in [6.45, 7) is 10.9. The fourth-order valence-corrected chi connectivity index (χ4v) is 6.97. The zero-order valence-electron chi connectivity index (χ0n) is 23.8. The van der Waals surface area contributed by atoms with Crippen molar-refractivity contribution in [2.75, 3.05) is 33.0 Å². The van der Waals surface area contributed by atoms with Gasteiger partial charge in [0.2, 0.25) is 0 Å². The number of carbonyl (C=O) groups excluding carboxylic acids is 1. The van der Waals surface area contributed by atoms with Crippen molar-refractivity contribution >= 4 is 14.9 Å². The van der Waals surface area contributed by atoms with Crippen LogP contribution in [0.2, 0.25) is 6.04 Å². The van der Waals surface area contributed by atoms with Crippen LogP contribution in [0, 0.1) is 0 Å². The Morgan fingerprint density at radius 2 is 0.971 bits per heavy atom. The van der Waals surface area contributed by atoms with Gasteiger partial charge in [0.1, 0.15) is 0 Å². The maximum atomic E-state index is 11.9. The van der Waals surface area contributed by atoms with Crippen LogP contribution in [0.1, 0.15) is 137 Å². The van der Waals surface area contributed by atoms with Crippen LogP contribution in [0.25, 0.3) is 0 Å². The Hall–Kier alpha value is -0.633. The Balaban J connectivity index is 3.48. The number of hydrogen-bond acceptors (Lipinski definition) is 5. The zero-order chi connectivity index (χ0) is 25.9. The topological polar surface area (TPSA) is 66.0 Å². The lowest BCUT2D eigenvalue weighted by atomic mass is 10.0. The fraction of sp³-hybridized carbons (Fsp3) is 0.964. The molecule has 0 bridgehead atoms. The molecule has 0 spiro atoms. The summed E-state index contributed by atoms with van der Waals surface area (Å²) in [4.78, 5) is 11.9. The van der Waals surface area contributed by atoms with E-state index in [9.17, 15) is 4.79 Å². The molecule has 0 aliphatic rings. The average Bonchev–Trinajstić information content (AvgIpc) is 2.84. The predicted octanol–water partition coefficient (Wildman–Crippen LogP) is 8.41. The van der Waals surface area contributed by atoms with Crippen LogP contribution in [0.5, 0.6) is 0 Å². The van der Waals surface area contributed by atoms with Crippen molar-refractivity contribution in [3.05, 3.63) is 0 Å². The number of rotatable bonds is 27. The van der Waals surface area contributed by atoms with Gasteiger partial charge in [0.15, 0.2) is 0 Å². The molecule has 7 heteroatoms. The number of carbonyl (C=O) groups is 1. The maximum Gasteiger partial charge on any atom is 0.500 e. The van der Waals surface area contributed by atoms with E-state index >= 15 is 0 Å². The second-order valence-electron chi connectivity index (χ2n) is 9.45. The number of unbranched alkanes of at least 4 members (excludes halogenated alkanes) is 15. The first-order valence-electron chi connectivity index (χ1n) is 15.0. The molecule has 210 valence electrons. The van der Waals surface area contributed by atoms with Gasteiger partial charge in [0, 0.05) is 32.4 Å². The maximum absolute atomic E-state index is 11.9. The molecule has 0 aromatic carbocycles. The van der Waals surface area contributed by atoms with Crippen molar-refractivity contribution in [2.45, 2.75) is 143 Å². The predicted molar refractivity (Wildman–Crippen MR) is 149 cm³/mol. The third-order valence-corrected chi connectivity index (χ3v) is 9.40. The molecule has 1 amide bonds. The lowest BCUT2D eigenvalue weighted by molar-refractivity contribution is 0.0706.